The van der Waals surface area contributed by atoms with Gasteiger partial charge in [0, 0.05) is 34.0 Å². The standard InChI is InChI=1S/C23H16ClN5O5S/c1-34-19-10-7-15(24)12-18(19)21(31)25-16-4-2-3-14(11-16)20(30)26-23-28-27-22(35-23)13-5-8-17(9-6-13)29(32)33/h2-12H,1H3,(H,25,31)(H,26,28,30). The van der Waals surface area contributed by atoms with Crippen molar-refractivity contribution in [3.05, 3.63) is 93.0 Å². The number of benzene rings is 3. The minimum absolute atomic E-state index is 0.0347. The molecule has 0 spiro atoms. The maximum Gasteiger partial charge on any atom is 0.269 e. The summed E-state index contributed by atoms with van der Waals surface area (Å²) in [6.07, 6.45) is 0. The highest BCUT2D eigenvalue weighted by Crippen LogP contribution is 2.28. The van der Waals surface area contributed by atoms with Crippen molar-refractivity contribution in [1.29, 1.82) is 0 Å². The number of nitro benzene ring substituents is 1. The van der Waals surface area contributed by atoms with E-state index in [0.29, 0.717) is 27.0 Å². The molecular weight excluding hydrogens is 494 g/mol. The Labute approximate surface area is 207 Å². The number of anilines is 2. The third kappa shape index (κ3) is 5.60. The molecule has 0 atom stereocenters. The Balaban J connectivity index is 1.45. The molecule has 3 aromatic carbocycles. The maximum atomic E-state index is 12.7. The van der Waals surface area contributed by atoms with Crippen molar-refractivity contribution in [2.75, 3.05) is 17.7 Å². The summed E-state index contributed by atoms with van der Waals surface area (Å²) in [4.78, 5) is 35.8. The quantitative estimate of drug-likeness (QED) is 0.255. The molecule has 0 fully saturated rings. The lowest BCUT2D eigenvalue weighted by atomic mass is 10.1. The van der Waals surface area contributed by atoms with Crippen LogP contribution in [0.4, 0.5) is 16.5 Å². The van der Waals surface area contributed by atoms with Gasteiger partial charge in [-0.25, -0.2) is 0 Å². The monoisotopic (exact) mass is 509 g/mol. The second-order valence-corrected chi connectivity index (χ2v) is 8.46. The van der Waals surface area contributed by atoms with Crippen molar-refractivity contribution in [1.82, 2.24) is 10.2 Å². The number of methoxy groups -OCH3 is 1. The number of hydrogen-bond acceptors (Lipinski definition) is 8. The van der Waals surface area contributed by atoms with Crippen LogP contribution in [0.15, 0.2) is 66.7 Å². The van der Waals surface area contributed by atoms with Crippen LogP contribution in [0, 0.1) is 10.1 Å². The van der Waals surface area contributed by atoms with Crippen LogP contribution in [0.2, 0.25) is 5.02 Å². The van der Waals surface area contributed by atoms with E-state index in [0.717, 1.165) is 11.3 Å². The fraction of sp³-hybridized carbons (Fsp3) is 0.0435. The first-order chi connectivity index (χ1) is 16.8. The van der Waals surface area contributed by atoms with E-state index in [1.807, 2.05) is 0 Å². The molecule has 0 unspecified atom stereocenters. The lowest BCUT2D eigenvalue weighted by Gasteiger charge is -2.10. The summed E-state index contributed by atoms with van der Waals surface area (Å²) in [5, 5.41) is 25.3. The summed E-state index contributed by atoms with van der Waals surface area (Å²) < 4.78 is 5.21. The molecular formula is C23H16ClN5O5S. The number of rotatable bonds is 7. The molecule has 2 N–H and O–H groups in total. The number of ether oxygens (including phenoxy) is 1. The molecule has 0 aliphatic carbocycles. The normalized spacial score (nSPS) is 10.5. The van der Waals surface area contributed by atoms with Gasteiger partial charge in [0.1, 0.15) is 10.8 Å². The Kier molecular flexibility index (Phi) is 6.99. The molecule has 4 rings (SSSR count). The van der Waals surface area contributed by atoms with Crippen molar-refractivity contribution in [2.45, 2.75) is 0 Å². The van der Waals surface area contributed by atoms with Crippen LogP contribution in [-0.4, -0.2) is 34.0 Å². The Morgan fingerprint density at radius 3 is 2.49 bits per heavy atom. The molecule has 35 heavy (non-hydrogen) atoms. The second-order valence-electron chi connectivity index (χ2n) is 7.05. The predicted molar refractivity (Wildman–Crippen MR) is 132 cm³/mol. The predicted octanol–water partition coefficient (Wildman–Crippen LogP) is 5.28. The van der Waals surface area contributed by atoms with Gasteiger partial charge in [-0.1, -0.05) is 29.0 Å². The Morgan fingerprint density at radius 2 is 1.77 bits per heavy atom. The van der Waals surface area contributed by atoms with Gasteiger partial charge in [-0.15, -0.1) is 10.2 Å². The zero-order valence-electron chi connectivity index (χ0n) is 18.0. The lowest BCUT2D eigenvalue weighted by molar-refractivity contribution is -0.384. The van der Waals surface area contributed by atoms with Gasteiger partial charge in [-0.3, -0.25) is 25.0 Å². The van der Waals surface area contributed by atoms with Crippen molar-refractivity contribution in [2.24, 2.45) is 0 Å². The number of nitrogens with one attached hydrogen (secondary N) is 2. The molecule has 2 amide bonds. The minimum atomic E-state index is -0.489. The summed E-state index contributed by atoms with van der Waals surface area (Å²) in [5.41, 5.74) is 1.53. The fourth-order valence-electron chi connectivity index (χ4n) is 3.08. The number of carbonyl (C=O) groups excluding carboxylic acids is 2. The van der Waals surface area contributed by atoms with Crippen LogP contribution in [-0.2, 0) is 0 Å². The molecule has 0 aliphatic heterocycles. The van der Waals surface area contributed by atoms with Gasteiger partial charge in [0.25, 0.3) is 17.5 Å². The second kappa shape index (κ2) is 10.3. The van der Waals surface area contributed by atoms with Gasteiger partial charge in [-0.2, -0.15) is 0 Å². The van der Waals surface area contributed by atoms with E-state index in [9.17, 15) is 19.7 Å². The van der Waals surface area contributed by atoms with Crippen molar-refractivity contribution in [3.8, 4) is 16.3 Å². The van der Waals surface area contributed by atoms with Crippen LogP contribution in [0.3, 0.4) is 0 Å². The SMILES string of the molecule is COc1ccc(Cl)cc1C(=O)Nc1cccc(C(=O)Nc2nnc(-c3ccc([N+](=O)[O-])cc3)s2)c1. The molecule has 0 aliphatic rings. The van der Waals surface area contributed by atoms with Crippen LogP contribution in [0.25, 0.3) is 10.6 Å². The van der Waals surface area contributed by atoms with Crippen LogP contribution >= 0.6 is 22.9 Å². The zero-order chi connectivity index (χ0) is 24.9. The number of hydrogen-bond donors (Lipinski definition) is 2. The number of nitrogens with zero attached hydrogens (tertiary/aromatic N) is 3. The van der Waals surface area contributed by atoms with Crippen molar-refractivity contribution >= 4 is 51.3 Å². The van der Waals surface area contributed by atoms with Gasteiger partial charge in [0.2, 0.25) is 5.13 Å². The lowest BCUT2D eigenvalue weighted by Crippen LogP contribution is -2.15. The average Bonchev–Trinajstić information content (AvgIpc) is 3.32. The van der Waals surface area contributed by atoms with E-state index >= 15 is 0 Å². The highest BCUT2D eigenvalue weighted by atomic mass is 35.5. The van der Waals surface area contributed by atoms with Crippen LogP contribution in [0.1, 0.15) is 20.7 Å². The first-order valence-electron chi connectivity index (χ1n) is 9.98. The van der Waals surface area contributed by atoms with Gasteiger partial charge in [0.05, 0.1) is 17.6 Å². The summed E-state index contributed by atoms with van der Waals surface area (Å²) in [7, 11) is 1.45. The number of non-ortho nitro benzene ring substituents is 1. The van der Waals surface area contributed by atoms with Crippen LogP contribution < -0.4 is 15.4 Å². The molecule has 4 aromatic rings. The summed E-state index contributed by atoms with van der Waals surface area (Å²) in [6, 6.07) is 16.9. The first kappa shape index (κ1) is 23.8. The Morgan fingerprint density at radius 1 is 1.00 bits per heavy atom. The summed E-state index contributed by atoms with van der Waals surface area (Å²) in [5.74, 6) is -0.535. The average molecular weight is 510 g/mol. The number of carbonyl (C=O) groups is 2. The fourth-order valence-corrected chi connectivity index (χ4v) is 4.00. The van der Waals surface area contributed by atoms with Gasteiger partial charge >= 0.3 is 0 Å². The molecule has 0 saturated heterocycles. The number of amides is 2. The molecule has 12 heteroatoms. The highest BCUT2D eigenvalue weighted by Gasteiger charge is 2.16. The Hall–Kier alpha value is -4.35. The Bertz CT molecular complexity index is 1420. The topological polar surface area (TPSA) is 136 Å². The van der Waals surface area contributed by atoms with Gasteiger partial charge < -0.3 is 10.1 Å². The third-order valence-electron chi connectivity index (χ3n) is 4.76. The minimum Gasteiger partial charge on any atom is -0.496 e. The summed E-state index contributed by atoms with van der Waals surface area (Å²) >= 11 is 7.12. The molecule has 176 valence electrons. The van der Waals surface area contributed by atoms with E-state index in [2.05, 4.69) is 20.8 Å². The summed E-state index contributed by atoms with van der Waals surface area (Å²) in [6.45, 7) is 0. The van der Waals surface area contributed by atoms with E-state index < -0.39 is 16.7 Å². The van der Waals surface area contributed by atoms with Gasteiger partial charge in [-0.05, 0) is 48.5 Å². The largest absolute Gasteiger partial charge is 0.496 e. The number of nitro groups is 1. The number of halogens is 1. The highest BCUT2D eigenvalue weighted by molar-refractivity contribution is 7.18. The molecule has 0 radical (unpaired) electrons. The van der Waals surface area contributed by atoms with E-state index in [-0.39, 0.29) is 21.9 Å². The molecule has 1 heterocycles. The van der Waals surface area contributed by atoms with E-state index in [1.165, 1.54) is 31.4 Å². The van der Waals surface area contributed by atoms with Crippen molar-refractivity contribution in [3.63, 3.8) is 0 Å². The molecule has 1 aromatic heterocycles. The van der Waals surface area contributed by atoms with E-state index in [4.69, 9.17) is 16.3 Å². The third-order valence-corrected chi connectivity index (χ3v) is 5.88. The molecule has 0 saturated carbocycles. The smallest absolute Gasteiger partial charge is 0.269 e. The van der Waals surface area contributed by atoms with Crippen molar-refractivity contribution < 1.29 is 19.2 Å². The maximum absolute atomic E-state index is 12.7. The van der Waals surface area contributed by atoms with Crippen LogP contribution in [0.5, 0.6) is 5.75 Å². The molecule has 10 nitrogen and oxygen atoms in total. The molecule has 0 bridgehead atoms. The number of aromatic nitrogens is 2. The first-order valence-corrected chi connectivity index (χ1v) is 11.2. The zero-order valence-corrected chi connectivity index (χ0v) is 19.6. The van der Waals surface area contributed by atoms with Gasteiger partial charge in [0.15, 0.2) is 0 Å². The van der Waals surface area contributed by atoms with E-state index in [1.54, 1.807) is 42.5 Å².